The normalized spacial score (nSPS) is 10.5. The van der Waals surface area contributed by atoms with Crippen LogP contribution >= 0.6 is 0 Å². The van der Waals surface area contributed by atoms with Gasteiger partial charge in [-0.3, -0.25) is 0 Å². The Morgan fingerprint density at radius 3 is 1.75 bits per heavy atom. The molecular formula is C6H12ClN3O4Se2. The van der Waals surface area contributed by atoms with Crippen LogP contribution in [0.2, 0.25) is 0 Å². The molecule has 1 aromatic rings. The smallest absolute Gasteiger partial charge is 0.112 e. The molecule has 0 saturated heterocycles. The number of anilines is 1. The average molecular weight is 384 g/mol. The summed E-state index contributed by atoms with van der Waals surface area (Å²) in [6, 6.07) is 0. The van der Waals surface area contributed by atoms with Crippen molar-refractivity contribution in [3.05, 3.63) is 4.36 Å². The summed E-state index contributed by atoms with van der Waals surface area (Å²) < 4.78 is 38.7. The monoisotopic (exact) mass is 385 g/mol. The first-order valence-corrected chi connectivity index (χ1v) is 11.2. The van der Waals surface area contributed by atoms with Crippen LogP contribution in [0.5, 0.6) is 0 Å². The predicted molar refractivity (Wildman–Crippen MR) is 49.6 cm³/mol. The third-order valence-electron chi connectivity index (χ3n) is 1.15. The molecule has 0 radical (unpaired) electrons. The fourth-order valence-electron chi connectivity index (χ4n) is 0.543. The molecule has 0 N–H and O–H groups in total. The van der Waals surface area contributed by atoms with E-state index in [4.69, 9.17) is 18.6 Å². The summed E-state index contributed by atoms with van der Waals surface area (Å²) in [5.74, 6) is 0. The number of hydrogen-bond acceptors (Lipinski definition) is 6. The number of hydrogen-bond donors (Lipinski definition) is 0. The van der Waals surface area contributed by atoms with Crippen molar-refractivity contribution >= 4 is 30.0 Å². The maximum Gasteiger partial charge on any atom is -0.112 e. The molecule has 0 unspecified atom stereocenters. The molecule has 0 aromatic carbocycles. The van der Waals surface area contributed by atoms with Gasteiger partial charge in [-0.2, -0.15) is 0 Å². The van der Waals surface area contributed by atoms with Crippen LogP contribution in [-0.2, 0) is 0 Å². The van der Waals surface area contributed by atoms with E-state index in [0.29, 0.717) is 25.3 Å². The van der Waals surface area contributed by atoms with E-state index in [1.165, 1.54) is 9.05 Å². The largest absolute Gasteiger partial charge is 0.222 e. The summed E-state index contributed by atoms with van der Waals surface area (Å²) in [5.41, 5.74) is 0. The van der Waals surface area contributed by atoms with Gasteiger partial charge < -0.3 is 0 Å². The van der Waals surface area contributed by atoms with E-state index in [0.717, 1.165) is 0 Å². The standard InChI is InChI=1S/C6H12N3Se2.ClHO4/c1-8(2)5-7-6(9(3)4)11-10-5;2-1(3,4)5/h1-4H3;(H,2,3,4,5)/q+1;/p-1. The topological polar surface area (TPSA) is 111 Å². The van der Waals surface area contributed by atoms with Crippen LogP contribution in [0.15, 0.2) is 0 Å². The fourth-order valence-corrected chi connectivity index (χ4v) is 7.98. The van der Waals surface area contributed by atoms with Crippen molar-refractivity contribution < 1.29 is 28.9 Å². The minimum Gasteiger partial charge on any atom is -0.222 e. The molecule has 1 rings (SSSR count). The quantitative estimate of drug-likeness (QED) is 0.352. The molecule has 0 fully saturated rings. The molecule has 0 saturated carbocycles. The van der Waals surface area contributed by atoms with Crippen LogP contribution in [0, 0.1) is 10.2 Å². The molecule has 1 heterocycles. The molecule has 0 aliphatic rings. The Labute approximate surface area is 106 Å². The molecular weight excluding hydrogens is 371 g/mol. The third kappa shape index (κ3) is 8.46. The van der Waals surface area contributed by atoms with Crippen LogP contribution < -0.4 is 32.5 Å². The Bertz CT molecular complexity index is 374. The molecule has 7 nitrogen and oxygen atoms in total. The Kier molecular flexibility index (Phi) is 7.04. The zero-order valence-corrected chi connectivity index (χ0v) is 13.4. The van der Waals surface area contributed by atoms with Crippen LogP contribution in [0.1, 0.15) is 0 Å². The predicted octanol–water partition coefficient (Wildman–Crippen LogP) is -6.46. The van der Waals surface area contributed by atoms with Crippen molar-refractivity contribution in [3.8, 4) is 0 Å². The summed E-state index contributed by atoms with van der Waals surface area (Å²) >= 11 is 1.24. The van der Waals surface area contributed by atoms with Gasteiger partial charge >= 0.3 is 77.0 Å². The summed E-state index contributed by atoms with van der Waals surface area (Å²) in [5, 5.41) is 0. The molecule has 0 bridgehead atoms. The molecule has 94 valence electrons. The van der Waals surface area contributed by atoms with Gasteiger partial charge in [0.1, 0.15) is 0 Å². The molecule has 0 atom stereocenters. The Balaban J connectivity index is 0.000000385. The van der Waals surface area contributed by atoms with Gasteiger partial charge in [-0.05, 0) is 0 Å². The first-order valence-electron chi connectivity index (χ1n) is 3.88. The van der Waals surface area contributed by atoms with E-state index in [9.17, 15) is 0 Å². The Morgan fingerprint density at radius 1 is 1.12 bits per heavy atom. The van der Waals surface area contributed by atoms with E-state index in [2.05, 4.69) is 42.7 Å². The molecule has 16 heavy (non-hydrogen) atoms. The van der Waals surface area contributed by atoms with Crippen molar-refractivity contribution in [2.45, 2.75) is 0 Å². The summed E-state index contributed by atoms with van der Waals surface area (Å²) in [6.07, 6.45) is 0. The number of aromatic nitrogens is 1. The first kappa shape index (κ1) is 16.3. The van der Waals surface area contributed by atoms with Gasteiger partial charge in [0.25, 0.3) is 0 Å². The molecule has 1 aromatic heterocycles. The van der Waals surface area contributed by atoms with Gasteiger partial charge in [0.2, 0.25) is 0 Å². The second-order valence-corrected chi connectivity index (χ2v) is 9.63. The number of rotatable bonds is 1. The van der Waals surface area contributed by atoms with E-state index in [1.54, 1.807) is 0 Å². The number of nitrogens with zero attached hydrogens (tertiary/aromatic N) is 3. The zero-order chi connectivity index (χ0) is 12.9. The average Bonchev–Trinajstić information content (AvgIpc) is 2.47. The van der Waals surface area contributed by atoms with Crippen molar-refractivity contribution in [2.24, 2.45) is 0 Å². The van der Waals surface area contributed by atoms with Crippen molar-refractivity contribution in [3.63, 3.8) is 0 Å². The third-order valence-corrected chi connectivity index (χ3v) is 8.02. The summed E-state index contributed by atoms with van der Waals surface area (Å²) in [7, 11) is 3.31. The van der Waals surface area contributed by atoms with Gasteiger partial charge in [-0.1, -0.05) is 0 Å². The van der Waals surface area contributed by atoms with E-state index in [1.807, 2.05) is 0 Å². The van der Waals surface area contributed by atoms with E-state index < -0.39 is 10.2 Å². The molecule has 0 spiro atoms. The molecule has 0 aliphatic carbocycles. The number of halogens is 1. The van der Waals surface area contributed by atoms with Gasteiger partial charge in [-0.15, -0.1) is 10.2 Å². The van der Waals surface area contributed by atoms with Gasteiger partial charge in [0.15, 0.2) is 0 Å². The maximum absolute atomic E-state index is 8.49. The van der Waals surface area contributed by atoms with Crippen LogP contribution in [0.4, 0.5) is 4.69 Å². The Hall–Kier alpha value is 0.309. The summed E-state index contributed by atoms with van der Waals surface area (Å²) in [4.78, 5) is 6.65. The molecule has 0 aliphatic heterocycles. The maximum atomic E-state index is 8.49. The second kappa shape index (κ2) is 6.90. The van der Waals surface area contributed by atoms with Crippen molar-refractivity contribution in [2.75, 3.05) is 33.1 Å². The Morgan fingerprint density at radius 2 is 1.56 bits per heavy atom. The van der Waals surface area contributed by atoms with Crippen LogP contribution in [0.25, 0.3) is 0 Å². The van der Waals surface area contributed by atoms with Crippen LogP contribution in [0.3, 0.4) is 0 Å². The summed E-state index contributed by atoms with van der Waals surface area (Å²) in [6.45, 7) is 0. The SMILES string of the molecule is CN(C)c1nc(=[N+](C)C)[se][se]1.[O-][Cl+3]([O-])([O-])[O-]. The van der Waals surface area contributed by atoms with E-state index >= 15 is 0 Å². The van der Waals surface area contributed by atoms with E-state index in [-0.39, 0.29) is 0 Å². The van der Waals surface area contributed by atoms with Gasteiger partial charge in [0.05, 0.1) is 0 Å². The second-order valence-electron chi connectivity index (χ2n) is 3.01. The van der Waals surface area contributed by atoms with Gasteiger partial charge in [0, 0.05) is 0 Å². The van der Waals surface area contributed by atoms with Crippen LogP contribution in [-0.4, -0.2) is 58.4 Å². The van der Waals surface area contributed by atoms with Crippen molar-refractivity contribution in [1.82, 2.24) is 9.56 Å². The minimum atomic E-state index is -4.94. The van der Waals surface area contributed by atoms with Gasteiger partial charge in [-0.25, -0.2) is 18.6 Å². The molecule has 0 amide bonds. The zero-order valence-electron chi connectivity index (χ0n) is 9.17. The van der Waals surface area contributed by atoms with Crippen molar-refractivity contribution in [1.29, 1.82) is 0 Å². The molecule has 10 heteroatoms. The fraction of sp³-hybridized carbons (Fsp3) is 0.667. The first-order chi connectivity index (χ1) is 7.11. The minimum absolute atomic E-state index is 0.621.